The predicted molar refractivity (Wildman–Crippen MR) is 108 cm³/mol. The van der Waals surface area contributed by atoms with Crippen LogP contribution in [0.25, 0.3) is 16.9 Å². The first-order valence-electron chi connectivity index (χ1n) is 8.21. The molecule has 0 fully saturated rings. The predicted octanol–water partition coefficient (Wildman–Crippen LogP) is 6.57. The van der Waals surface area contributed by atoms with Gasteiger partial charge in [-0.05, 0) is 40.2 Å². The number of imidazole rings is 1. The molecule has 0 aliphatic heterocycles. The molecule has 4 rings (SSSR count). The fourth-order valence-electron chi connectivity index (χ4n) is 2.92. The van der Waals surface area contributed by atoms with Crippen LogP contribution in [0.15, 0.2) is 52.4 Å². The van der Waals surface area contributed by atoms with Crippen molar-refractivity contribution in [3.63, 3.8) is 0 Å². The van der Waals surface area contributed by atoms with Crippen LogP contribution in [-0.2, 0) is 12.8 Å². The maximum absolute atomic E-state index is 13.0. The minimum absolute atomic E-state index is 0.0221. The number of thiazole rings is 1. The molecule has 3 heterocycles. The number of alkyl halides is 3. The number of hydrogen-bond donors (Lipinski definition) is 0. The van der Waals surface area contributed by atoms with Gasteiger partial charge in [-0.3, -0.25) is 0 Å². The average Bonchev–Trinajstić information content (AvgIpc) is 3.20. The van der Waals surface area contributed by atoms with Gasteiger partial charge in [-0.2, -0.15) is 13.2 Å². The van der Waals surface area contributed by atoms with E-state index < -0.39 is 12.6 Å². The Morgan fingerprint density at radius 2 is 1.82 bits per heavy atom. The first kappa shape index (κ1) is 19.4. The smallest absolute Gasteiger partial charge is 0.302 e. The van der Waals surface area contributed by atoms with Gasteiger partial charge in [-0.25, -0.2) is 9.97 Å². The molecule has 144 valence electrons. The van der Waals surface area contributed by atoms with Crippen molar-refractivity contribution in [2.24, 2.45) is 0 Å². The van der Waals surface area contributed by atoms with E-state index in [1.54, 1.807) is 34.9 Å². The summed E-state index contributed by atoms with van der Waals surface area (Å²) < 4.78 is 41.6. The van der Waals surface area contributed by atoms with Crippen molar-refractivity contribution >= 4 is 44.5 Å². The number of aromatic nitrogens is 3. The van der Waals surface area contributed by atoms with Gasteiger partial charge in [-0.1, -0.05) is 23.7 Å². The third-order valence-electron chi connectivity index (χ3n) is 4.14. The summed E-state index contributed by atoms with van der Waals surface area (Å²) >= 11 is 10.7. The highest BCUT2D eigenvalue weighted by Crippen LogP contribution is 2.29. The summed E-state index contributed by atoms with van der Waals surface area (Å²) in [5.74, 6) is 0. The quantitative estimate of drug-likeness (QED) is 0.327. The van der Waals surface area contributed by atoms with E-state index in [4.69, 9.17) is 11.6 Å². The van der Waals surface area contributed by atoms with E-state index >= 15 is 0 Å². The molecule has 9 heteroatoms. The van der Waals surface area contributed by atoms with Gasteiger partial charge in [0.05, 0.1) is 28.5 Å². The van der Waals surface area contributed by atoms with Crippen molar-refractivity contribution in [1.29, 1.82) is 0 Å². The van der Waals surface area contributed by atoms with Crippen molar-refractivity contribution < 1.29 is 13.2 Å². The number of hydrogen-bond acceptors (Lipinski definition) is 3. The summed E-state index contributed by atoms with van der Waals surface area (Å²) in [4.78, 5) is 8.79. The lowest BCUT2D eigenvalue weighted by molar-refractivity contribution is -0.127. The molecule has 0 radical (unpaired) electrons. The lowest BCUT2D eigenvalue weighted by Crippen LogP contribution is -2.13. The summed E-state index contributed by atoms with van der Waals surface area (Å²) in [7, 11) is 0. The second-order valence-corrected chi connectivity index (χ2v) is 8.48. The van der Waals surface area contributed by atoms with Crippen LogP contribution in [0.4, 0.5) is 13.2 Å². The molecule has 0 N–H and O–H groups in total. The maximum Gasteiger partial charge on any atom is 0.394 e. The molecule has 0 saturated heterocycles. The van der Waals surface area contributed by atoms with Gasteiger partial charge in [0.1, 0.15) is 5.65 Å². The highest BCUT2D eigenvalue weighted by Gasteiger charge is 2.31. The van der Waals surface area contributed by atoms with Crippen LogP contribution >= 0.6 is 38.9 Å². The van der Waals surface area contributed by atoms with Crippen LogP contribution in [0.3, 0.4) is 0 Å². The first-order valence-corrected chi connectivity index (χ1v) is 10.3. The Morgan fingerprint density at radius 1 is 1.07 bits per heavy atom. The lowest BCUT2D eigenvalue weighted by Gasteiger charge is -2.07. The van der Waals surface area contributed by atoms with Crippen molar-refractivity contribution in [3.05, 3.63) is 73.9 Å². The molecular formula is C19H12BrClF3N3S. The molecule has 0 spiro atoms. The zero-order valence-electron chi connectivity index (χ0n) is 14.2. The maximum atomic E-state index is 13.0. The number of rotatable bonds is 4. The van der Waals surface area contributed by atoms with Gasteiger partial charge in [-0.15, -0.1) is 11.3 Å². The molecule has 0 bridgehead atoms. The summed E-state index contributed by atoms with van der Waals surface area (Å²) in [6, 6.07) is 10.7. The Kier molecular flexibility index (Phi) is 5.20. The summed E-state index contributed by atoms with van der Waals surface area (Å²) in [6.45, 7) is 0. The molecule has 28 heavy (non-hydrogen) atoms. The van der Waals surface area contributed by atoms with Gasteiger partial charge in [0.25, 0.3) is 0 Å². The molecule has 0 amide bonds. The Bertz CT molecular complexity index is 1140. The summed E-state index contributed by atoms with van der Waals surface area (Å²) in [6.07, 6.45) is -3.41. The van der Waals surface area contributed by atoms with Gasteiger partial charge in [0, 0.05) is 33.1 Å². The average molecular weight is 487 g/mol. The molecule has 0 aliphatic carbocycles. The minimum Gasteiger partial charge on any atom is -0.302 e. The van der Waals surface area contributed by atoms with E-state index in [1.807, 2.05) is 17.5 Å². The Morgan fingerprint density at radius 3 is 2.54 bits per heavy atom. The standard InChI is InChI=1S/C19H12BrClF3N3S/c20-12-3-6-17-25-14(8-19(22,23)24)16(27(17)9-12)7-18-26-15(10-28-18)11-1-4-13(21)5-2-11/h1-6,9-10H,7-8H2. The summed E-state index contributed by atoms with van der Waals surface area (Å²) in [5, 5.41) is 3.24. The molecule has 3 aromatic heterocycles. The van der Waals surface area contributed by atoms with Crippen molar-refractivity contribution in [1.82, 2.24) is 14.4 Å². The number of halogens is 5. The number of benzene rings is 1. The van der Waals surface area contributed by atoms with Crippen LogP contribution < -0.4 is 0 Å². The van der Waals surface area contributed by atoms with Gasteiger partial charge in [0.15, 0.2) is 0 Å². The van der Waals surface area contributed by atoms with Gasteiger partial charge >= 0.3 is 6.18 Å². The molecule has 4 aromatic rings. The van der Waals surface area contributed by atoms with Crippen LogP contribution in [0, 0.1) is 0 Å². The van der Waals surface area contributed by atoms with Crippen LogP contribution in [-0.4, -0.2) is 20.5 Å². The Balaban J connectivity index is 1.71. The van der Waals surface area contributed by atoms with E-state index in [1.165, 1.54) is 11.3 Å². The molecule has 0 aliphatic rings. The summed E-state index contributed by atoms with van der Waals surface area (Å²) in [5.41, 5.74) is 2.67. The minimum atomic E-state index is -4.33. The van der Waals surface area contributed by atoms with Crippen LogP contribution in [0.2, 0.25) is 5.02 Å². The topological polar surface area (TPSA) is 30.2 Å². The highest BCUT2D eigenvalue weighted by molar-refractivity contribution is 9.10. The lowest BCUT2D eigenvalue weighted by atomic mass is 10.2. The van der Waals surface area contributed by atoms with Crippen LogP contribution in [0.5, 0.6) is 0 Å². The zero-order valence-corrected chi connectivity index (χ0v) is 17.3. The normalized spacial score (nSPS) is 12.0. The molecule has 0 saturated carbocycles. The zero-order chi connectivity index (χ0) is 19.9. The molecular weight excluding hydrogens is 475 g/mol. The van der Waals surface area contributed by atoms with Crippen molar-refractivity contribution in [3.8, 4) is 11.3 Å². The molecule has 0 unspecified atom stereocenters. The van der Waals surface area contributed by atoms with E-state index in [0.29, 0.717) is 16.4 Å². The molecule has 3 nitrogen and oxygen atoms in total. The van der Waals surface area contributed by atoms with E-state index in [9.17, 15) is 13.2 Å². The largest absolute Gasteiger partial charge is 0.394 e. The highest BCUT2D eigenvalue weighted by atomic mass is 79.9. The third kappa shape index (κ3) is 4.24. The molecule has 0 atom stereocenters. The van der Waals surface area contributed by atoms with Crippen molar-refractivity contribution in [2.45, 2.75) is 19.0 Å². The van der Waals surface area contributed by atoms with Crippen molar-refractivity contribution in [2.75, 3.05) is 0 Å². The van der Waals surface area contributed by atoms with E-state index in [-0.39, 0.29) is 12.1 Å². The fraction of sp³-hybridized carbons (Fsp3) is 0.158. The van der Waals surface area contributed by atoms with Crippen LogP contribution in [0.1, 0.15) is 16.4 Å². The van der Waals surface area contributed by atoms with E-state index in [2.05, 4.69) is 25.9 Å². The second-order valence-electron chi connectivity index (χ2n) is 6.18. The number of pyridine rings is 1. The van der Waals surface area contributed by atoms with Gasteiger partial charge in [0.2, 0.25) is 0 Å². The first-order chi connectivity index (χ1) is 13.3. The molecule has 1 aromatic carbocycles. The van der Waals surface area contributed by atoms with Gasteiger partial charge < -0.3 is 4.40 Å². The number of nitrogens with zero attached hydrogens (tertiary/aromatic N) is 3. The fourth-order valence-corrected chi connectivity index (χ4v) is 4.19. The second kappa shape index (κ2) is 7.50. The monoisotopic (exact) mass is 485 g/mol. The Hall–Kier alpha value is -1.90. The Labute approximate surface area is 176 Å². The SMILES string of the molecule is FC(F)(F)Cc1nc2ccc(Br)cn2c1Cc1nc(-c2ccc(Cl)cc2)cs1. The third-order valence-corrected chi connectivity index (χ3v) is 5.71. The number of fused-ring (bicyclic) bond motifs is 1. The van der Waals surface area contributed by atoms with E-state index in [0.717, 1.165) is 20.7 Å².